The number of rotatable bonds is 2. The standard InChI is InChI=1S/C22H14F6IN7O/c1-20-10-16(22(26,27)28)35-36(20)18(34-19(37)32-12-5-3-11(29)4-6-12)33-17(20)31-13-7-8-15(30-2)14(9-13)21(23,24)25/h3-9H,10H2,1H3,(H2,31,32,33,34,37)/t20-/m1/s1. The molecule has 0 saturated heterocycles. The first kappa shape index (κ1) is 26.4. The number of aliphatic imine (C=N–C) groups is 2. The number of hydrogen-bond donors (Lipinski definition) is 2. The monoisotopic (exact) mass is 633 g/mol. The number of hydrazone groups is 1. The summed E-state index contributed by atoms with van der Waals surface area (Å²) in [5, 5.41) is 9.24. The molecule has 0 aliphatic carbocycles. The SMILES string of the molecule is [C-]#[N+]c1ccc(N=C2N=C(NC(=O)Nc3ccc(I)cc3)N3N=C(C(F)(F)F)C[C@]23C)cc1C(F)(F)F. The van der Waals surface area contributed by atoms with Crippen LogP contribution in [0.15, 0.2) is 57.6 Å². The average Bonchev–Trinajstić information content (AvgIpc) is 3.28. The van der Waals surface area contributed by atoms with Gasteiger partial charge >= 0.3 is 18.4 Å². The first-order valence-electron chi connectivity index (χ1n) is 10.3. The van der Waals surface area contributed by atoms with Crippen molar-refractivity contribution in [2.24, 2.45) is 15.1 Å². The van der Waals surface area contributed by atoms with Crippen molar-refractivity contribution in [2.45, 2.75) is 31.2 Å². The second-order valence-corrected chi connectivity index (χ2v) is 9.32. The summed E-state index contributed by atoms with van der Waals surface area (Å²) in [6.07, 6.45) is -10.4. The molecule has 0 radical (unpaired) electrons. The number of amidine groups is 1. The van der Waals surface area contributed by atoms with Crippen LogP contribution in [0.1, 0.15) is 18.9 Å². The van der Waals surface area contributed by atoms with Gasteiger partial charge in [0.05, 0.1) is 17.8 Å². The second-order valence-electron chi connectivity index (χ2n) is 8.07. The van der Waals surface area contributed by atoms with Crippen LogP contribution in [0.4, 0.5) is 48.2 Å². The van der Waals surface area contributed by atoms with Crippen molar-refractivity contribution in [3.63, 3.8) is 0 Å². The van der Waals surface area contributed by atoms with Crippen LogP contribution < -0.4 is 10.6 Å². The van der Waals surface area contributed by atoms with E-state index in [0.29, 0.717) is 11.8 Å². The van der Waals surface area contributed by atoms with Crippen LogP contribution in [0.5, 0.6) is 0 Å². The number of fused-ring (bicyclic) bond motifs is 1. The minimum atomic E-state index is -4.86. The van der Waals surface area contributed by atoms with E-state index in [4.69, 9.17) is 6.57 Å². The summed E-state index contributed by atoms with van der Waals surface area (Å²) in [7, 11) is 0. The van der Waals surface area contributed by atoms with Crippen LogP contribution in [0.3, 0.4) is 0 Å². The molecule has 2 aromatic rings. The highest BCUT2D eigenvalue weighted by molar-refractivity contribution is 14.1. The molecule has 2 aliphatic heterocycles. The third-order valence-corrected chi connectivity index (χ3v) is 6.11. The second kappa shape index (κ2) is 9.32. The Morgan fingerprint density at radius 2 is 1.78 bits per heavy atom. The fourth-order valence-electron chi connectivity index (χ4n) is 3.61. The van der Waals surface area contributed by atoms with Crippen molar-refractivity contribution in [2.75, 3.05) is 5.32 Å². The molecule has 8 nitrogen and oxygen atoms in total. The molecule has 0 aromatic heterocycles. The van der Waals surface area contributed by atoms with E-state index in [1.54, 1.807) is 24.3 Å². The van der Waals surface area contributed by atoms with Gasteiger partial charge in [0.15, 0.2) is 11.5 Å². The zero-order valence-corrected chi connectivity index (χ0v) is 20.7. The number of halogens is 7. The van der Waals surface area contributed by atoms with Crippen LogP contribution in [-0.2, 0) is 6.18 Å². The molecule has 0 saturated carbocycles. The zero-order valence-electron chi connectivity index (χ0n) is 18.5. The number of guanidine groups is 1. The van der Waals surface area contributed by atoms with Crippen molar-refractivity contribution in [1.29, 1.82) is 0 Å². The number of alkyl halides is 6. The van der Waals surface area contributed by atoms with Gasteiger partial charge in [0.25, 0.3) is 0 Å². The Bertz CT molecular complexity index is 1390. The number of urea groups is 1. The summed E-state index contributed by atoms with van der Waals surface area (Å²) >= 11 is 2.07. The minimum absolute atomic E-state index is 0.287. The highest BCUT2D eigenvalue weighted by atomic mass is 127. The van der Waals surface area contributed by atoms with Crippen LogP contribution in [0, 0.1) is 10.1 Å². The number of nitrogens with zero attached hydrogens (tertiary/aromatic N) is 5. The number of carbonyl (C=O) groups excluding carboxylic acids is 1. The van der Waals surface area contributed by atoms with Gasteiger partial charge in [-0.05, 0) is 65.9 Å². The van der Waals surface area contributed by atoms with Gasteiger partial charge in [-0.1, -0.05) is 6.07 Å². The summed E-state index contributed by atoms with van der Waals surface area (Å²) < 4.78 is 81.5. The van der Waals surface area contributed by atoms with Gasteiger partial charge in [-0.2, -0.15) is 36.4 Å². The predicted octanol–water partition coefficient (Wildman–Crippen LogP) is 6.46. The molecule has 2 aromatic carbocycles. The van der Waals surface area contributed by atoms with Gasteiger partial charge in [0.1, 0.15) is 11.3 Å². The van der Waals surface area contributed by atoms with E-state index in [9.17, 15) is 31.1 Å². The van der Waals surface area contributed by atoms with Crippen molar-refractivity contribution in [3.05, 3.63) is 63.0 Å². The summed E-state index contributed by atoms with van der Waals surface area (Å²) in [5.74, 6) is -0.693. The molecule has 2 N–H and O–H groups in total. The van der Waals surface area contributed by atoms with Gasteiger partial charge in [0, 0.05) is 15.7 Å². The van der Waals surface area contributed by atoms with Gasteiger partial charge < -0.3 is 5.32 Å². The number of carbonyl (C=O) groups is 1. The van der Waals surface area contributed by atoms with E-state index in [0.717, 1.165) is 20.7 Å². The maximum absolute atomic E-state index is 13.5. The van der Waals surface area contributed by atoms with Crippen LogP contribution in [0.25, 0.3) is 4.85 Å². The third kappa shape index (κ3) is 5.38. The average molecular weight is 633 g/mol. The smallest absolute Gasteiger partial charge is 0.308 e. The Labute approximate surface area is 219 Å². The maximum Gasteiger partial charge on any atom is 0.431 e. The lowest BCUT2D eigenvalue weighted by atomic mass is 9.95. The lowest BCUT2D eigenvalue weighted by Gasteiger charge is -2.26. The molecule has 2 aliphatic rings. The Kier molecular flexibility index (Phi) is 6.65. The highest BCUT2D eigenvalue weighted by Crippen LogP contribution is 2.41. The largest absolute Gasteiger partial charge is 0.431 e. The molecule has 15 heteroatoms. The van der Waals surface area contributed by atoms with Crippen molar-refractivity contribution >= 4 is 63.2 Å². The van der Waals surface area contributed by atoms with E-state index in [2.05, 4.69) is 53.2 Å². The molecule has 2 amide bonds. The Morgan fingerprint density at radius 3 is 2.38 bits per heavy atom. The van der Waals surface area contributed by atoms with E-state index in [-0.39, 0.29) is 11.5 Å². The molecule has 192 valence electrons. The van der Waals surface area contributed by atoms with E-state index >= 15 is 0 Å². The summed E-state index contributed by atoms with van der Waals surface area (Å²) in [6, 6.07) is 8.46. The lowest BCUT2D eigenvalue weighted by Crippen LogP contribution is -2.48. The van der Waals surface area contributed by atoms with Gasteiger partial charge in [-0.25, -0.2) is 19.6 Å². The fourth-order valence-corrected chi connectivity index (χ4v) is 3.97. The van der Waals surface area contributed by atoms with E-state index < -0.39 is 53.3 Å². The first-order chi connectivity index (χ1) is 17.2. The van der Waals surface area contributed by atoms with Crippen molar-refractivity contribution < 1.29 is 31.1 Å². The molecular formula is C22H14F6IN7O. The number of nitrogens with one attached hydrogen (secondary N) is 2. The molecule has 0 bridgehead atoms. The molecule has 0 fully saturated rings. The van der Waals surface area contributed by atoms with Crippen molar-refractivity contribution in [3.8, 4) is 0 Å². The Morgan fingerprint density at radius 1 is 1.11 bits per heavy atom. The molecule has 4 rings (SSSR count). The summed E-state index contributed by atoms with van der Waals surface area (Å²) in [6.45, 7) is 8.26. The van der Waals surface area contributed by atoms with Gasteiger partial charge in [0.2, 0.25) is 5.96 Å². The summed E-state index contributed by atoms with van der Waals surface area (Å²) in [4.78, 5) is 23.5. The minimum Gasteiger partial charge on any atom is -0.308 e. The quantitative estimate of drug-likeness (QED) is 0.226. The van der Waals surface area contributed by atoms with Gasteiger partial charge in [-0.15, -0.1) is 0 Å². The van der Waals surface area contributed by atoms with Crippen LogP contribution in [0.2, 0.25) is 0 Å². The first-order valence-corrected chi connectivity index (χ1v) is 11.3. The molecular weight excluding hydrogens is 619 g/mol. The molecule has 0 unspecified atom stereocenters. The third-order valence-electron chi connectivity index (χ3n) is 5.39. The normalized spacial score (nSPS) is 20.3. The van der Waals surface area contributed by atoms with Crippen molar-refractivity contribution in [1.82, 2.24) is 10.3 Å². The molecule has 2 heterocycles. The topological polar surface area (TPSA) is 85.8 Å². The lowest BCUT2D eigenvalue weighted by molar-refractivity contribution is -0.136. The summed E-state index contributed by atoms with van der Waals surface area (Å²) in [5.41, 5.74) is -4.61. The molecule has 1 atom stereocenters. The van der Waals surface area contributed by atoms with E-state index in [1.807, 2.05) is 0 Å². The predicted molar refractivity (Wildman–Crippen MR) is 132 cm³/mol. The van der Waals surface area contributed by atoms with Crippen LogP contribution in [-0.4, -0.2) is 40.3 Å². The van der Waals surface area contributed by atoms with E-state index in [1.165, 1.54) is 6.92 Å². The molecule has 0 spiro atoms. The van der Waals surface area contributed by atoms with Crippen LogP contribution >= 0.6 is 22.6 Å². The number of amides is 2. The maximum atomic E-state index is 13.5. The number of benzene rings is 2. The highest BCUT2D eigenvalue weighted by Gasteiger charge is 2.56. The zero-order chi connectivity index (χ0) is 27.2. The number of anilines is 1. The Hall–Kier alpha value is -3.68. The fraction of sp³-hybridized carbons (Fsp3) is 0.227. The molecule has 37 heavy (non-hydrogen) atoms. The Balaban J connectivity index is 1.71. The van der Waals surface area contributed by atoms with Gasteiger partial charge in [-0.3, -0.25) is 5.32 Å². The number of hydrogen-bond acceptors (Lipinski definition) is 4.